The molecule has 0 saturated carbocycles. The molecule has 0 radical (unpaired) electrons. The zero-order valence-corrected chi connectivity index (χ0v) is 15.6. The summed E-state index contributed by atoms with van der Waals surface area (Å²) in [6, 6.07) is 11.1. The number of benzene rings is 2. The largest absolute Gasteiger partial charge is 0.495 e. The fourth-order valence-corrected chi connectivity index (χ4v) is 3.81. The minimum absolute atomic E-state index is 0.142. The van der Waals surface area contributed by atoms with E-state index in [0.29, 0.717) is 11.4 Å². The second-order valence-corrected chi connectivity index (χ2v) is 6.98. The standard InChI is InChI=1S/C18H14N2O5S2/c1-25-14-8-12(18(23)24)6-7-13(14)20-27-15-9-26-16(19-15)10-2-4-11(5-3-10)17(21)22/h2-9,20H,1H3,(H,21,22)(H,23,24). The fraction of sp³-hybridized carbons (Fsp3) is 0.0556. The first kappa shape index (κ1) is 18.7. The molecule has 1 aromatic heterocycles. The molecule has 2 aromatic carbocycles. The predicted octanol–water partition coefficient (Wildman–Crippen LogP) is 4.33. The summed E-state index contributed by atoms with van der Waals surface area (Å²) < 4.78 is 8.33. The van der Waals surface area contributed by atoms with Gasteiger partial charge in [-0.2, -0.15) is 0 Å². The third-order valence-electron chi connectivity index (χ3n) is 3.58. The lowest BCUT2D eigenvalue weighted by atomic mass is 10.1. The van der Waals surface area contributed by atoms with E-state index in [-0.39, 0.29) is 11.1 Å². The molecule has 0 atom stereocenters. The second-order valence-electron chi connectivity index (χ2n) is 5.30. The van der Waals surface area contributed by atoms with Gasteiger partial charge >= 0.3 is 11.9 Å². The molecule has 138 valence electrons. The molecule has 1 heterocycles. The number of carboxylic acids is 2. The third-order valence-corrected chi connectivity index (χ3v) is 5.36. The Balaban J connectivity index is 1.71. The minimum atomic E-state index is -1.02. The van der Waals surface area contributed by atoms with Gasteiger partial charge in [0.25, 0.3) is 0 Å². The quantitative estimate of drug-likeness (QED) is 0.501. The average molecular weight is 402 g/mol. The van der Waals surface area contributed by atoms with Gasteiger partial charge < -0.3 is 19.7 Å². The summed E-state index contributed by atoms with van der Waals surface area (Å²) in [7, 11) is 1.47. The van der Waals surface area contributed by atoms with Gasteiger partial charge in [-0.15, -0.1) is 11.3 Å². The predicted molar refractivity (Wildman–Crippen MR) is 104 cm³/mol. The number of nitrogens with one attached hydrogen (secondary N) is 1. The normalized spacial score (nSPS) is 10.4. The first-order chi connectivity index (χ1) is 13.0. The van der Waals surface area contributed by atoms with Gasteiger partial charge in [0.05, 0.1) is 23.9 Å². The number of carbonyl (C=O) groups is 2. The molecular weight excluding hydrogens is 388 g/mol. The molecule has 7 nitrogen and oxygen atoms in total. The van der Waals surface area contributed by atoms with Gasteiger partial charge in [-0.1, -0.05) is 12.1 Å². The molecule has 0 aliphatic rings. The van der Waals surface area contributed by atoms with Crippen LogP contribution < -0.4 is 9.46 Å². The maximum absolute atomic E-state index is 11.0. The Morgan fingerprint density at radius 3 is 2.37 bits per heavy atom. The van der Waals surface area contributed by atoms with Crippen LogP contribution in [0.4, 0.5) is 5.69 Å². The zero-order valence-electron chi connectivity index (χ0n) is 14.0. The average Bonchev–Trinajstić information content (AvgIpc) is 3.15. The van der Waals surface area contributed by atoms with Crippen LogP contribution in [0.15, 0.2) is 52.9 Å². The summed E-state index contributed by atoms with van der Waals surface area (Å²) in [5.74, 6) is -1.57. The van der Waals surface area contributed by atoms with Crippen molar-refractivity contribution in [3.63, 3.8) is 0 Å². The molecule has 0 fully saturated rings. The van der Waals surface area contributed by atoms with Crippen LogP contribution in [0.5, 0.6) is 5.75 Å². The van der Waals surface area contributed by atoms with Crippen molar-refractivity contribution in [2.24, 2.45) is 0 Å². The highest BCUT2D eigenvalue weighted by molar-refractivity contribution is 8.00. The van der Waals surface area contributed by atoms with E-state index in [2.05, 4.69) is 9.71 Å². The minimum Gasteiger partial charge on any atom is -0.495 e. The monoisotopic (exact) mass is 402 g/mol. The number of methoxy groups -OCH3 is 1. The number of nitrogens with zero attached hydrogens (tertiary/aromatic N) is 1. The molecule has 0 spiro atoms. The zero-order chi connectivity index (χ0) is 19.4. The van der Waals surface area contributed by atoms with Gasteiger partial charge in [-0.3, -0.25) is 0 Å². The van der Waals surface area contributed by atoms with Crippen LogP contribution in [0.2, 0.25) is 0 Å². The smallest absolute Gasteiger partial charge is 0.335 e. The third kappa shape index (κ3) is 4.39. The number of aromatic nitrogens is 1. The SMILES string of the molecule is COc1cc(C(=O)O)ccc1NSc1csc(-c2ccc(C(=O)O)cc2)n1. The molecule has 0 unspecified atom stereocenters. The van der Waals surface area contributed by atoms with Gasteiger partial charge in [0, 0.05) is 22.9 Å². The van der Waals surface area contributed by atoms with Gasteiger partial charge in [0.15, 0.2) is 0 Å². The summed E-state index contributed by atoms with van der Waals surface area (Å²) in [5.41, 5.74) is 1.83. The van der Waals surface area contributed by atoms with Gasteiger partial charge in [-0.25, -0.2) is 14.6 Å². The summed E-state index contributed by atoms with van der Waals surface area (Å²) in [5, 5.41) is 21.4. The van der Waals surface area contributed by atoms with Crippen LogP contribution >= 0.6 is 23.3 Å². The topological polar surface area (TPSA) is 109 Å². The van der Waals surface area contributed by atoms with Gasteiger partial charge in [0.1, 0.15) is 15.8 Å². The molecule has 9 heteroatoms. The molecular formula is C18H14N2O5S2. The molecule has 0 aliphatic heterocycles. The number of anilines is 1. The van der Waals surface area contributed by atoms with E-state index in [1.54, 1.807) is 30.3 Å². The number of thiazole rings is 1. The highest BCUT2D eigenvalue weighted by Crippen LogP contribution is 2.32. The Morgan fingerprint density at radius 2 is 1.74 bits per heavy atom. The second kappa shape index (κ2) is 8.11. The molecule has 0 bridgehead atoms. The number of carboxylic acid groups (broad SMARTS) is 2. The van der Waals surface area contributed by atoms with Gasteiger partial charge in [0.2, 0.25) is 0 Å². The summed E-state index contributed by atoms with van der Waals surface area (Å²) >= 11 is 2.71. The van der Waals surface area contributed by atoms with E-state index in [0.717, 1.165) is 15.6 Å². The molecule has 3 N–H and O–H groups in total. The molecule has 27 heavy (non-hydrogen) atoms. The maximum Gasteiger partial charge on any atom is 0.335 e. The van der Waals surface area contributed by atoms with Crippen molar-refractivity contribution in [1.82, 2.24) is 4.98 Å². The van der Waals surface area contributed by atoms with Crippen LogP contribution in [0.1, 0.15) is 20.7 Å². The van der Waals surface area contributed by atoms with E-state index >= 15 is 0 Å². The highest BCUT2D eigenvalue weighted by atomic mass is 32.2. The Labute approximate surface area is 162 Å². The number of hydrogen-bond donors (Lipinski definition) is 3. The Hall–Kier alpha value is -3.04. The van der Waals surface area contributed by atoms with Crippen molar-refractivity contribution in [1.29, 1.82) is 0 Å². The van der Waals surface area contributed by atoms with E-state index in [1.165, 1.54) is 42.5 Å². The van der Waals surface area contributed by atoms with Crippen molar-refractivity contribution < 1.29 is 24.5 Å². The molecule has 0 aliphatic carbocycles. The van der Waals surface area contributed by atoms with Crippen molar-refractivity contribution in [2.45, 2.75) is 5.03 Å². The van der Waals surface area contributed by atoms with Crippen molar-refractivity contribution in [2.75, 3.05) is 11.8 Å². The lowest BCUT2D eigenvalue weighted by Gasteiger charge is -2.10. The molecule has 3 aromatic rings. The summed E-state index contributed by atoms with van der Waals surface area (Å²) in [4.78, 5) is 26.5. The first-order valence-electron chi connectivity index (χ1n) is 7.61. The van der Waals surface area contributed by atoms with Crippen molar-refractivity contribution >= 4 is 40.9 Å². The summed E-state index contributed by atoms with van der Waals surface area (Å²) in [6.45, 7) is 0. The molecule has 0 amide bonds. The van der Waals surface area contributed by atoms with Crippen LogP contribution in [0, 0.1) is 0 Å². The van der Waals surface area contributed by atoms with Crippen LogP contribution in [-0.2, 0) is 0 Å². The Morgan fingerprint density at radius 1 is 1.07 bits per heavy atom. The fourth-order valence-electron chi connectivity index (χ4n) is 2.21. The number of hydrogen-bond acceptors (Lipinski definition) is 7. The number of ether oxygens (including phenoxy) is 1. The Bertz CT molecular complexity index is 986. The van der Waals surface area contributed by atoms with Gasteiger partial charge in [-0.05, 0) is 30.3 Å². The highest BCUT2D eigenvalue weighted by Gasteiger charge is 2.11. The molecule has 3 rings (SSSR count). The Kier molecular flexibility index (Phi) is 5.63. The molecule has 0 saturated heterocycles. The van der Waals surface area contributed by atoms with E-state index in [1.807, 2.05) is 5.38 Å². The lowest BCUT2D eigenvalue weighted by molar-refractivity contribution is 0.0686. The van der Waals surface area contributed by atoms with Crippen molar-refractivity contribution in [3.8, 4) is 16.3 Å². The maximum atomic E-state index is 11.0. The van der Waals surface area contributed by atoms with E-state index < -0.39 is 11.9 Å². The first-order valence-corrected chi connectivity index (χ1v) is 9.31. The number of rotatable bonds is 7. The van der Waals surface area contributed by atoms with Crippen molar-refractivity contribution in [3.05, 3.63) is 59.0 Å². The van der Waals surface area contributed by atoms with E-state index in [9.17, 15) is 9.59 Å². The van der Waals surface area contributed by atoms with Crippen LogP contribution in [0.3, 0.4) is 0 Å². The lowest BCUT2D eigenvalue weighted by Crippen LogP contribution is -1.99. The summed E-state index contributed by atoms with van der Waals surface area (Å²) in [6.07, 6.45) is 0. The number of aromatic carboxylic acids is 2. The van der Waals surface area contributed by atoms with E-state index in [4.69, 9.17) is 14.9 Å². The van der Waals surface area contributed by atoms with Crippen LogP contribution in [0.25, 0.3) is 10.6 Å². The van der Waals surface area contributed by atoms with Crippen LogP contribution in [-0.4, -0.2) is 34.2 Å².